The van der Waals surface area contributed by atoms with Crippen LogP contribution in [0.5, 0.6) is 0 Å². The van der Waals surface area contributed by atoms with Gasteiger partial charge in [0.25, 0.3) is 0 Å². The topological polar surface area (TPSA) is 24.1 Å². The summed E-state index contributed by atoms with van der Waals surface area (Å²) >= 11 is 0. The minimum absolute atomic E-state index is 0.973. The van der Waals surface area contributed by atoms with Gasteiger partial charge in [0, 0.05) is 33.5 Å². The zero-order chi connectivity index (χ0) is 30.7. The van der Waals surface area contributed by atoms with Crippen LogP contribution in [0.15, 0.2) is 176 Å². The van der Waals surface area contributed by atoms with Gasteiger partial charge in [-0.15, -0.1) is 0 Å². The predicted molar refractivity (Wildman–Crippen MR) is 197 cm³/mol. The van der Waals surface area contributed by atoms with Gasteiger partial charge in [0.2, 0.25) is 0 Å². The lowest BCUT2D eigenvalue weighted by molar-refractivity contribution is 0.983. The van der Waals surface area contributed by atoms with Crippen LogP contribution in [-0.2, 0) is 0 Å². The molecule has 0 aromatic heterocycles. The highest BCUT2D eigenvalue weighted by Gasteiger charge is 2.13. The Morgan fingerprint density at radius 2 is 0.848 bits per heavy atom. The van der Waals surface area contributed by atoms with E-state index in [1.54, 1.807) is 0 Å². The molecule has 2 heteroatoms. The van der Waals surface area contributed by atoms with E-state index < -0.39 is 0 Å². The fourth-order valence-corrected chi connectivity index (χ4v) is 6.63. The van der Waals surface area contributed by atoms with E-state index in [1.807, 2.05) is 0 Å². The van der Waals surface area contributed by atoms with Crippen LogP contribution in [0.4, 0.5) is 17.1 Å². The Labute approximate surface area is 270 Å². The first kappa shape index (κ1) is 27.7. The highest BCUT2D eigenvalue weighted by molar-refractivity contribution is 6.05. The highest BCUT2D eigenvalue weighted by atomic mass is 14.9. The third kappa shape index (κ3) is 5.46. The summed E-state index contributed by atoms with van der Waals surface area (Å²) in [5.74, 6) is 0. The minimum Gasteiger partial charge on any atom is -0.358 e. The lowest BCUT2D eigenvalue weighted by atomic mass is 9.94. The monoisotopic (exact) mass is 590 g/mol. The molecule has 0 radical (unpaired) electrons. The van der Waals surface area contributed by atoms with Gasteiger partial charge in [0.15, 0.2) is 0 Å². The Morgan fingerprint density at radius 1 is 0.348 bits per heavy atom. The molecule has 2 nitrogen and oxygen atoms in total. The Balaban J connectivity index is 1.00. The largest absolute Gasteiger partial charge is 0.358 e. The van der Waals surface area contributed by atoms with Crippen molar-refractivity contribution in [3.63, 3.8) is 0 Å². The molecule has 220 valence electrons. The van der Waals surface area contributed by atoms with Gasteiger partial charge in [-0.05, 0) is 87.3 Å². The SMILES string of the molecule is C1=C(Nc2ccc(-c3ccccc3)c3ccccc23)CCC(c2ccc(Nc3ccc(-c4ccccc4)c4ccccc34)cc2)=C1. The number of rotatable bonds is 7. The molecule has 1 aliphatic carbocycles. The second kappa shape index (κ2) is 12.3. The van der Waals surface area contributed by atoms with Crippen LogP contribution >= 0.6 is 0 Å². The molecule has 0 unspecified atom stereocenters. The molecule has 0 saturated heterocycles. The summed E-state index contributed by atoms with van der Waals surface area (Å²) in [6.45, 7) is 0. The Hall–Kier alpha value is -5.86. The summed E-state index contributed by atoms with van der Waals surface area (Å²) < 4.78 is 0. The van der Waals surface area contributed by atoms with Crippen LogP contribution < -0.4 is 10.6 Å². The molecular weight excluding hydrogens is 556 g/mol. The lowest BCUT2D eigenvalue weighted by Crippen LogP contribution is -2.04. The molecule has 0 fully saturated rings. The van der Waals surface area contributed by atoms with Gasteiger partial charge < -0.3 is 10.6 Å². The zero-order valence-electron chi connectivity index (χ0n) is 25.6. The molecule has 46 heavy (non-hydrogen) atoms. The van der Waals surface area contributed by atoms with E-state index in [0.717, 1.165) is 29.9 Å². The molecule has 0 spiro atoms. The normalized spacial score (nSPS) is 12.9. The molecule has 2 N–H and O–H groups in total. The number of hydrogen-bond acceptors (Lipinski definition) is 2. The molecule has 0 saturated carbocycles. The van der Waals surface area contributed by atoms with Crippen LogP contribution in [0.25, 0.3) is 49.4 Å². The van der Waals surface area contributed by atoms with Crippen molar-refractivity contribution in [2.75, 3.05) is 10.6 Å². The fraction of sp³-hybridized carbons (Fsp3) is 0.0455. The predicted octanol–water partition coefficient (Wildman–Crippen LogP) is 12.2. The quantitative estimate of drug-likeness (QED) is 0.193. The van der Waals surface area contributed by atoms with Crippen molar-refractivity contribution in [2.45, 2.75) is 12.8 Å². The molecule has 7 aromatic carbocycles. The maximum Gasteiger partial charge on any atom is 0.0464 e. The molecule has 0 aliphatic heterocycles. The van der Waals surface area contributed by atoms with Gasteiger partial charge in [-0.25, -0.2) is 0 Å². The number of benzene rings is 7. The summed E-state index contributed by atoms with van der Waals surface area (Å²) in [5, 5.41) is 12.4. The lowest BCUT2D eigenvalue weighted by Gasteiger charge is -2.19. The van der Waals surface area contributed by atoms with E-state index in [9.17, 15) is 0 Å². The smallest absolute Gasteiger partial charge is 0.0464 e. The summed E-state index contributed by atoms with van der Waals surface area (Å²) in [5.41, 5.74) is 12.2. The first-order valence-electron chi connectivity index (χ1n) is 16.0. The molecular formula is C44H34N2. The molecule has 0 atom stereocenters. The molecule has 0 amide bonds. The van der Waals surface area contributed by atoms with Crippen molar-refractivity contribution < 1.29 is 0 Å². The maximum atomic E-state index is 3.75. The van der Waals surface area contributed by atoms with Crippen molar-refractivity contribution in [3.05, 3.63) is 181 Å². The van der Waals surface area contributed by atoms with Crippen LogP contribution in [0.3, 0.4) is 0 Å². The summed E-state index contributed by atoms with van der Waals surface area (Å²) in [6.07, 6.45) is 6.48. The minimum atomic E-state index is 0.973. The van der Waals surface area contributed by atoms with E-state index in [4.69, 9.17) is 0 Å². The Morgan fingerprint density at radius 3 is 1.37 bits per heavy atom. The third-order valence-corrected chi connectivity index (χ3v) is 9.00. The van der Waals surface area contributed by atoms with E-state index in [-0.39, 0.29) is 0 Å². The first-order valence-corrected chi connectivity index (χ1v) is 16.0. The van der Waals surface area contributed by atoms with E-state index in [2.05, 4.69) is 181 Å². The average Bonchev–Trinajstić information content (AvgIpc) is 3.13. The van der Waals surface area contributed by atoms with Crippen LogP contribution in [0.1, 0.15) is 18.4 Å². The van der Waals surface area contributed by atoms with Gasteiger partial charge in [-0.3, -0.25) is 0 Å². The number of nitrogens with one attached hydrogen (secondary N) is 2. The van der Waals surface area contributed by atoms with Crippen molar-refractivity contribution in [2.24, 2.45) is 0 Å². The Kier molecular flexibility index (Phi) is 7.38. The summed E-state index contributed by atoms with van der Waals surface area (Å²) in [7, 11) is 0. The number of allylic oxidation sites excluding steroid dienone is 4. The second-order valence-electron chi connectivity index (χ2n) is 11.9. The molecule has 7 aromatic rings. The van der Waals surface area contributed by atoms with Crippen molar-refractivity contribution in [1.29, 1.82) is 0 Å². The van der Waals surface area contributed by atoms with Crippen molar-refractivity contribution in [3.8, 4) is 22.3 Å². The first-order chi connectivity index (χ1) is 22.8. The zero-order valence-corrected chi connectivity index (χ0v) is 25.6. The maximum absolute atomic E-state index is 3.75. The second-order valence-corrected chi connectivity index (χ2v) is 11.9. The van der Waals surface area contributed by atoms with Gasteiger partial charge in [-0.2, -0.15) is 0 Å². The van der Waals surface area contributed by atoms with E-state index >= 15 is 0 Å². The van der Waals surface area contributed by atoms with Crippen LogP contribution in [-0.4, -0.2) is 0 Å². The number of anilines is 3. The average molecular weight is 591 g/mol. The number of hydrogen-bond donors (Lipinski definition) is 2. The van der Waals surface area contributed by atoms with Gasteiger partial charge in [-0.1, -0.05) is 140 Å². The van der Waals surface area contributed by atoms with E-state index in [1.165, 1.54) is 60.6 Å². The molecule has 0 bridgehead atoms. The van der Waals surface area contributed by atoms with E-state index in [0.29, 0.717) is 0 Å². The molecule has 1 aliphatic rings. The highest BCUT2D eigenvalue weighted by Crippen LogP contribution is 2.37. The van der Waals surface area contributed by atoms with Crippen molar-refractivity contribution >= 4 is 44.2 Å². The molecule has 0 heterocycles. The number of fused-ring (bicyclic) bond motifs is 2. The standard InChI is InChI=1S/C44H34N2/c1-3-11-33(12-4-1)37-27-29-43(41-17-9-7-15-39(37)41)45-35-23-19-31(20-24-35)32-21-25-36(26-22-32)46-44-30-28-38(34-13-5-2-6-14-34)40-16-8-10-18-42(40)44/h1-21,23-25,27-30,45-46H,22,26H2. The summed E-state index contributed by atoms with van der Waals surface area (Å²) in [6, 6.07) is 56.3. The van der Waals surface area contributed by atoms with Gasteiger partial charge >= 0.3 is 0 Å². The third-order valence-electron chi connectivity index (χ3n) is 9.00. The Bertz CT molecular complexity index is 2230. The van der Waals surface area contributed by atoms with Crippen LogP contribution in [0.2, 0.25) is 0 Å². The van der Waals surface area contributed by atoms with Crippen molar-refractivity contribution in [1.82, 2.24) is 0 Å². The van der Waals surface area contributed by atoms with Gasteiger partial charge in [0.1, 0.15) is 0 Å². The van der Waals surface area contributed by atoms with Crippen LogP contribution in [0, 0.1) is 0 Å². The van der Waals surface area contributed by atoms with Gasteiger partial charge in [0.05, 0.1) is 0 Å². The fourth-order valence-electron chi connectivity index (χ4n) is 6.63. The summed E-state index contributed by atoms with van der Waals surface area (Å²) in [4.78, 5) is 0. The molecule has 8 rings (SSSR count).